The van der Waals surface area contributed by atoms with Crippen LogP contribution in [-0.4, -0.2) is 11.4 Å². The summed E-state index contributed by atoms with van der Waals surface area (Å²) in [7, 11) is 0. The monoisotopic (exact) mass is 310 g/mol. The maximum Gasteiger partial charge on any atom is 0.243 e. The summed E-state index contributed by atoms with van der Waals surface area (Å²) in [5.41, 5.74) is 5.99. The Morgan fingerprint density at radius 3 is 2.67 bits per heavy atom. The summed E-state index contributed by atoms with van der Waals surface area (Å²) in [5.74, 6) is 0.441. The lowest BCUT2D eigenvalue weighted by Crippen LogP contribution is -2.52. The molecule has 0 aromatic heterocycles. The minimum Gasteiger partial charge on any atom is -0.371 e. The number of anilines is 1. The summed E-state index contributed by atoms with van der Waals surface area (Å²) in [6.45, 7) is 2.23. The molecule has 0 atom stereocenters. The second kappa shape index (κ2) is 5.31. The van der Waals surface area contributed by atoms with Gasteiger partial charge in [0.25, 0.3) is 0 Å². The lowest BCUT2D eigenvalue weighted by atomic mass is 9.76. The molecule has 0 spiro atoms. The van der Waals surface area contributed by atoms with Gasteiger partial charge in [-0.1, -0.05) is 28.9 Å². The van der Waals surface area contributed by atoms with Gasteiger partial charge in [-0.15, -0.1) is 0 Å². The molecule has 1 aliphatic carbocycles. The number of rotatable bonds is 3. The van der Waals surface area contributed by atoms with Crippen LogP contribution in [0.4, 0.5) is 5.69 Å². The molecule has 0 radical (unpaired) electrons. The summed E-state index contributed by atoms with van der Waals surface area (Å²) in [5, 5.41) is 3.35. The van der Waals surface area contributed by atoms with Gasteiger partial charge in [0.2, 0.25) is 5.91 Å². The van der Waals surface area contributed by atoms with Crippen molar-refractivity contribution in [1.82, 2.24) is 0 Å². The van der Waals surface area contributed by atoms with Gasteiger partial charge in [-0.2, -0.15) is 0 Å². The Morgan fingerprint density at radius 1 is 1.44 bits per heavy atom. The standard InChI is InChI=1S/C14H19BrN2O/c1-10-5-7-14(8-6-10,13(16)18)17-12-4-2-3-11(15)9-12/h2-4,9-10,17H,5-8H2,1H3,(H2,16,18). The van der Waals surface area contributed by atoms with Crippen molar-refractivity contribution < 1.29 is 4.79 Å². The second-order valence-electron chi connectivity index (χ2n) is 5.26. The zero-order valence-electron chi connectivity index (χ0n) is 10.6. The molecule has 1 aromatic rings. The molecular weight excluding hydrogens is 292 g/mol. The highest BCUT2D eigenvalue weighted by Gasteiger charge is 2.39. The lowest BCUT2D eigenvalue weighted by Gasteiger charge is -2.38. The van der Waals surface area contributed by atoms with Gasteiger partial charge >= 0.3 is 0 Å². The highest BCUT2D eigenvalue weighted by Crippen LogP contribution is 2.34. The van der Waals surface area contributed by atoms with E-state index in [1.807, 2.05) is 24.3 Å². The smallest absolute Gasteiger partial charge is 0.243 e. The first-order chi connectivity index (χ1) is 8.52. The number of nitrogens with one attached hydrogen (secondary N) is 1. The van der Waals surface area contributed by atoms with Crippen molar-refractivity contribution in [2.24, 2.45) is 11.7 Å². The van der Waals surface area contributed by atoms with Crippen LogP contribution in [0.15, 0.2) is 28.7 Å². The maximum absolute atomic E-state index is 11.8. The highest BCUT2D eigenvalue weighted by atomic mass is 79.9. The van der Waals surface area contributed by atoms with E-state index in [0.29, 0.717) is 5.92 Å². The summed E-state index contributed by atoms with van der Waals surface area (Å²) < 4.78 is 0.997. The van der Waals surface area contributed by atoms with E-state index < -0.39 is 5.54 Å². The summed E-state index contributed by atoms with van der Waals surface area (Å²) >= 11 is 3.43. The van der Waals surface area contributed by atoms with E-state index in [4.69, 9.17) is 5.73 Å². The summed E-state index contributed by atoms with van der Waals surface area (Å²) in [4.78, 5) is 11.8. The van der Waals surface area contributed by atoms with E-state index in [-0.39, 0.29) is 5.91 Å². The first kappa shape index (κ1) is 13.4. The predicted molar refractivity (Wildman–Crippen MR) is 77.3 cm³/mol. The van der Waals surface area contributed by atoms with Crippen molar-refractivity contribution in [2.45, 2.75) is 38.1 Å². The van der Waals surface area contributed by atoms with Gasteiger partial charge in [0.1, 0.15) is 5.54 Å². The average molecular weight is 311 g/mol. The van der Waals surface area contributed by atoms with Gasteiger partial charge in [0.05, 0.1) is 0 Å². The van der Waals surface area contributed by atoms with Gasteiger partial charge in [0, 0.05) is 10.2 Å². The van der Waals surface area contributed by atoms with Crippen molar-refractivity contribution >= 4 is 27.5 Å². The number of halogens is 1. The van der Waals surface area contributed by atoms with Crippen LogP contribution in [0.5, 0.6) is 0 Å². The first-order valence-corrected chi connectivity index (χ1v) is 7.15. The van der Waals surface area contributed by atoms with E-state index in [9.17, 15) is 4.79 Å². The number of primary amides is 1. The lowest BCUT2D eigenvalue weighted by molar-refractivity contribution is -0.123. The molecule has 1 fully saturated rings. The molecule has 1 saturated carbocycles. The van der Waals surface area contributed by atoms with Crippen LogP contribution in [0.3, 0.4) is 0 Å². The van der Waals surface area contributed by atoms with Crippen molar-refractivity contribution in [3.8, 4) is 0 Å². The molecule has 0 heterocycles. The minimum atomic E-state index is -0.576. The van der Waals surface area contributed by atoms with Crippen LogP contribution in [-0.2, 0) is 4.79 Å². The molecule has 0 unspecified atom stereocenters. The van der Waals surface area contributed by atoms with Crippen molar-refractivity contribution in [3.63, 3.8) is 0 Å². The number of carbonyl (C=O) groups is 1. The van der Waals surface area contributed by atoms with E-state index >= 15 is 0 Å². The minimum absolute atomic E-state index is 0.241. The summed E-state index contributed by atoms with van der Waals surface area (Å²) in [6, 6.07) is 7.85. The Kier molecular flexibility index (Phi) is 3.95. The molecule has 18 heavy (non-hydrogen) atoms. The van der Waals surface area contributed by atoms with E-state index in [1.54, 1.807) is 0 Å². The Balaban J connectivity index is 2.19. The SMILES string of the molecule is CC1CCC(Nc2cccc(Br)c2)(C(N)=O)CC1. The summed E-state index contributed by atoms with van der Waals surface area (Å²) in [6.07, 6.45) is 3.72. The maximum atomic E-state index is 11.8. The number of benzene rings is 1. The van der Waals surface area contributed by atoms with Crippen molar-refractivity contribution in [1.29, 1.82) is 0 Å². The predicted octanol–water partition coefficient (Wildman–Crippen LogP) is 3.30. The number of nitrogens with two attached hydrogens (primary N) is 1. The van der Waals surface area contributed by atoms with Crippen LogP contribution in [0.2, 0.25) is 0 Å². The molecule has 98 valence electrons. The Bertz CT molecular complexity index is 439. The van der Waals surface area contributed by atoms with Crippen LogP contribution < -0.4 is 11.1 Å². The molecule has 0 bridgehead atoms. The van der Waals surface area contributed by atoms with Gasteiger partial charge in [-0.3, -0.25) is 4.79 Å². The van der Waals surface area contributed by atoms with Crippen LogP contribution in [0, 0.1) is 5.92 Å². The molecule has 2 rings (SSSR count). The molecule has 4 heteroatoms. The fourth-order valence-corrected chi connectivity index (χ4v) is 2.93. The quantitative estimate of drug-likeness (QED) is 0.900. The molecule has 3 nitrogen and oxygen atoms in total. The van der Waals surface area contributed by atoms with Gasteiger partial charge in [0.15, 0.2) is 0 Å². The normalized spacial score (nSPS) is 27.8. The van der Waals surface area contributed by atoms with Crippen molar-refractivity contribution in [2.75, 3.05) is 5.32 Å². The number of hydrogen-bond acceptors (Lipinski definition) is 2. The van der Waals surface area contributed by atoms with Crippen LogP contribution in [0.1, 0.15) is 32.6 Å². The molecule has 1 aromatic carbocycles. The zero-order valence-corrected chi connectivity index (χ0v) is 12.2. The zero-order chi connectivity index (χ0) is 13.2. The molecule has 0 saturated heterocycles. The molecular formula is C14H19BrN2O. The number of carbonyl (C=O) groups excluding carboxylic acids is 1. The van der Waals surface area contributed by atoms with Gasteiger partial charge in [-0.05, 0) is 49.8 Å². The first-order valence-electron chi connectivity index (χ1n) is 6.35. The van der Waals surface area contributed by atoms with E-state index in [2.05, 4.69) is 28.2 Å². The van der Waals surface area contributed by atoms with E-state index in [0.717, 1.165) is 35.8 Å². The van der Waals surface area contributed by atoms with Gasteiger partial charge < -0.3 is 11.1 Å². The second-order valence-corrected chi connectivity index (χ2v) is 6.18. The Morgan fingerprint density at radius 2 is 2.11 bits per heavy atom. The van der Waals surface area contributed by atoms with Crippen LogP contribution in [0.25, 0.3) is 0 Å². The van der Waals surface area contributed by atoms with Gasteiger partial charge in [-0.25, -0.2) is 0 Å². The fourth-order valence-electron chi connectivity index (χ4n) is 2.53. The average Bonchev–Trinajstić information content (AvgIpc) is 2.32. The third-order valence-electron chi connectivity index (χ3n) is 3.81. The Labute approximate surface area is 116 Å². The Hall–Kier alpha value is -1.03. The largest absolute Gasteiger partial charge is 0.371 e. The fraction of sp³-hybridized carbons (Fsp3) is 0.500. The van der Waals surface area contributed by atoms with E-state index in [1.165, 1.54) is 0 Å². The molecule has 1 amide bonds. The number of amides is 1. The number of hydrogen-bond donors (Lipinski definition) is 2. The molecule has 1 aliphatic rings. The highest BCUT2D eigenvalue weighted by molar-refractivity contribution is 9.10. The van der Waals surface area contributed by atoms with Crippen LogP contribution >= 0.6 is 15.9 Å². The third-order valence-corrected chi connectivity index (χ3v) is 4.30. The third kappa shape index (κ3) is 2.86. The molecule has 3 N–H and O–H groups in total. The topological polar surface area (TPSA) is 55.1 Å². The van der Waals surface area contributed by atoms with Crippen molar-refractivity contribution in [3.05, 3.63) is 28.7 Å². The molecule has 0 aliphatic heterocycles.